The van der Waals surface area contributed by atoms with E-state index in [1.54, 1.807) is 22.7 Å². The monoisotopic (exact) mass is 253 g/mol. The first-order valence-corrected chi connectivity index (χ1v) is 7.03. The van der Waals surface area contributed by atoms with Crippen LogP contribution in [0.15, 0.2) is 10.9 Å². The van der Waals surface area contributed by atoms with Crippen LogP contribution in [0.25, 0.3) is 0 Å². The first kappa shape index (κ1) is 11.7. The molecule has 0 saturated heterocycles. The quantitative estimate of drug-likeness (QED) is 0.910. The van der Waals surface area contributed by atoms with Crippen LogP contribution in [0.2, 0.25) is 0 Å². The van der Waals surface area contributed by atoms with E-state index in [1.807, 2.05) is 5.51 Å². The Morgan fingerprint density at radius 3 is 2.75 bits per heavy atom. The fourth-order valence-electron chi connectivity index (χ4n) is 1.51. The van der Waals surface area contributed by atoms with Gasteiger partial charge in [0.15, 0.2) is 0 Å². The van der Waals surface area contributed by atoms with E-state index in [1.165, 1.54) is 4.88 Å². The number of hydrogen-bond donors (Lipinski definition) is 1. The molecule has 0 aliphatic heterocycles. The Morgan fingerprint density at radius 2 is 2.25 bits per heavy atom. The Hall–Kier alpha value is -0.780. The summed E-state index contributed by atoms with van der Waals surface area (Å²) in [5.74, 6) is 0. The molecule has 0 bridgehead atoms. The molecule has 0 aliphatic rings. The predicted octanol–water partition coefficient (Wildman–Crippen LogP) is 2.92. The highest BCUT2D eigenvalue weighted by Gasteiger charge is 2.19. The van der Waals surface area contributed by atoms with Gasteiger partial charge in [0.05, 0.1) is 16.9 Å². The number of aryl methyl sites for hydroxylation is 2. The van der Waals surface area contributed by atoms with Crippen LogP contribution in [0.1, 0.15) is 34.2 Å². The Balaban J connectivity index is 2.32. The highest BCUT2D eigenvalue weighted by molar-refractivity contribution is 7.11. The minimum absolute atomic E-state index is 0.147. The van der Waals surface area contributed by atoms with Crippen molar-refractivity contribution in [1.82, 2.24) is 15.3 Å². The van der Waals surface area contributed by atoms with E-state index in [4.69, 9.17) is 0 Å². The van der Waals surface area contributed by atoms with E-state index >= 15 is 0 Å². The molecular weight excluding hydrogens is 238 g/mol. The summed E-state index contributed by atoms with van der Waals surface area (Å²) >= 11 is 3.38. The average Bonchev–Trinajstić information content (AvgIpc) is 2.86. The SMILES string of the molecule is CCNC(c1cscn1)c1nc(C)c(C)s1. The van der Waals surface area contributed by atoms with Crippen molar-refractivity contribution in [2.24, 2.45) is 0 Å². The molecule has 3 nitrogen and oxygen atoms in total. The smallest absolute Gasteiger partial charge is 0.116 e. The largest absolute Gasteiger partial charge is 0.303 e. The van der Waals surface area contributed by atoms with Crippen molar-refractivity contribution in [1.29, 1.82) is 0 Å². The van der Waals surface area contributed by atoms with Gasteiger partial charge in [-0.05, 0) is 20.4 Å². The molecule has 0 fully saturated rings. The Bertz CT molecular complexity index is 428. The van der Waals surface area contributed by atoms with Gasteiger partial charge in [0.2, 0.25) is 0 Å². The standard InChI is InChI=1S/C11H15N3S2/c1-4-12-10(9-5-15-6-13-9)11-14-7(2)8(3)16-11/h5-6,10,12H,4H2,1-3H3. The summed E-state index contributed by atoms with van der Waals surface area (Å²) in [5, 5.41) is 6.63. The maximum atomic E-state index is 4.61. The highest BCUT2D eigenvalue weighted by atomic mass is 32.1. The molecule has 0 aromatic carbocycles. The molecule has 5 heteroatoms. The van der Waals surface area contributed by atoms with Crippen LogP contribution < -0.4 is 5.32 Å². The topological polar surface area (TPSA) is 37.8 Å². The predicted molar refractivity (Wildman–Crippen MR) is 69.2 cm³/mol. The second-order valence-electron chi connectivity index (χ2n) is 3.60. The van der Waals surface area contributed by atoms with Crippen LogP contribution in [-0.4, -0.2) is 16.5 Å². The van der Waals surface area contributed by atoms with Crippen LogP contribution in [0.4, 0.5) is 0 Å². The van der Waals surface area contributed by atoms with E-state index in [0.717, 1.165) is 22.9 Å². The number of rotatable bonds is 4. The number of nitrogens with zero attached hydrogens (tertiary/aromatic N) is 2. The van der Waals surface area contributed by atoms with Crippen molar-refractivity contribution in [3.63, 3.8) is 0 Å². The molecule has 0 aliphatic carbocycles. The Morgan fingerprint density at radius 1 is 1.44 bits per heavy atom. The normalized spacial score (nSPS) is 12.9. The number of aromatic nitrogens is 2. The molecule has 2 aromatic rings. The summed E-state index contributed by atoms with van der Waals surface area (Å²) in [6.45, 7) is 7.19. The maximum absolute atomic E-state index is 4.61. The molecule has 0 spiro atoms. The lowest BCUT2D eigenvalue weighted by molar-refractivity contribution is 0.614. The molecular formula is C11H15N3S2. The second kappa shape index (κ2) is 5.03. The minimum atomic E-state index is 0.147. The van der Waals surface area contributed by atoms with E-state index < -0.39 is 0 Å². The van der Waals surface area contributed by atoms with Gasteiger partial charge in [-0.2, -0.15) is 0 Å². The summed E-state index contributed by atoms with van der Waals surface area (Å²) in [5.41, 5.74) is 4.06. The van der Waals surface area contributed by atoms with Gasteiger partial charge in [0.25, 0.3) is 0 Å². The zero-order valence-electron chi connectivity index (χ0n) is 9.65. The lowest BCUT2D eigenvalue weighted by atomic mass is 10.2. The van der Waals surface area contributed by atoms with Gasteiger partial charge in [-0.25, -0.2) is 9.97 Å². The van der Waals surface area contributed by atoms with Crippen LogP contribution >= 0.6 is 22.7 Å². The van der Waals surface area contributed by atoms with Crippen molar-refractivity contribution >= 4 is 22.7 Å². The summed E-state index contributed by atoms with van der Waals surface area (Å²) in [4.78, 5) is 10.3. The molecule has 16 heavy (non-hydrogen) atoms. The Labute approximate surface area is 104 Å². The van der Waals surface area contributed by atoms with Crippen molar-refractivity contribution in [3.8, 4) is 0 Å². The minimum Gasteiger partial charge on any atom is -0.303 e. The molecule has 1 unspecified atom stereocenters. The fraction of sp³-hybridized carbons (Fsp3) is 0.455. The fourth-order valence-corrected chi connectivity index (χ4v) is 3.10. The molecule has 0 saturated carbocycles. The molecule has 0 radical (unpaired) electrons. The zero-order valence-corrected chi connectivity index (χ0v) is 11.3. The van der Waals surface area contributed by atoms with Gasteiger partial charge in [-0.1, -0.05) is 6.92 Å². The van der Waals surface area contributed by atoms with Crippen LogP contribution in [-0.2, 0) is 0 Å². The lowest BCUT2D eigenvalue weighted by Gasteiger charge is -2.12. The molecule has 2 rings (SSSR count). The third-order valence-electron chi connectivity index (χ3n) is 2.45. The van der Waals surface area contributed by atoms with Gasteiger partial charge in [-0.15, -0.1) is 22.7 Å². The molecule has 1 atom stereocenters. The molecule has 1 N–H and O–H groups in total. The third kappa shape index (κ3) is 2.31. The summed E-state index contributed by atoms with van der Waals surface area (Å²) in [6, 6.07) is 0.147. The molecule has 0 amide bonds. The van der Waals surface area contributed by atoms with Crippen molar-refractivity contribution in [2.75, 3.05) is 6.54 Å². The first-order chi connectivity index (χ1) is 7.72. The Kier molecular flexibility index (Phi) is 3.68. The van der Waals surface area contributed by atoms with Gasteiger partial charge in [0.1, 0.15) is 11.0 Å². The van der Waals surface area contributed by atoms with Crippen LogP contribution in [0.3, 0.4) is 0 Å². The van der Waals surface area contributed by atoms with Crippen molar-refractivity contribution in [2.45, 2.75) is 26.8 Å². The third-order valence-corrected chi connectivity index (χ3v) is 4.19. The lowest BCUT2D eigenvalue weighted by Crippen LogP contribution is -2.22. The number of nitrogens with one attached hydrogen (secondary N) is 1. The van der Waals surface area contributed by atoms with Gasteiger partial charge < -0.3 is 5.32 Å². The van der Waals surface area contributed by atoms with Crippen LogP contribution in [0.5, 0.6) is 0 Å². The van der Waals surface area contributed by atoms with Crippen molar-refractivity contribution in [3.05, 3.63) is 32.2 Å². The van der Waals surface area contributed by atoms with E-state index in [0.29, 0.717) is 0 Å². The summed E-state index contributed by atoms with van der Waals surface area (Å²) in [7, 11) is 0. The van der Waals surface area contributed by atoms with E-state index in [-0.39, 0.29) is 6.04 Å². The second-order valence-corrected chi connectivity index (χ2v) is 5.55. The molecule has 86 valence electrons. The number of hydrogen-bond acceptors (Lipinski definition) is 5. The average molecular weight is 253 g/mol. The van der Waals surface area contributed by atoms with Crippen molar-refractivity contribution < 1.29 is 0 Å². The molecule has 2 aromatic heterocycles. The van der Waals surface area contributed by atoms with Gasteiger partial charge in [0, 0.05) is 10.3 Å². The summed E-state index contributed by atoms with van der Waals surface area (Å²) in [6.07, 6.45) is 0. The number of thiazole rings is 2. The van der Waals surface area contributed by atoms with Gasteiger partial charge in [-0.3, -0.25) is 0 Å². The first-order valence-electron chi connectivity index (χ1n) is 5.27. The maximum Gasteiger partial charge on any atom is 0.116 e. The van der Waals surface area contributed by atoms with Gasteiger partial charge >= 0.3 is 0 Å². The van der Waals surface area contributed by atoms with E-state index in [2.05, 4.69) is 41.4 Å². The highest BCUT2D eigenvalue weighted by Crippen LogP contribution is 2.27. The molecule has 2 heterocycles. The van der Waals surface area contributed by atoms with E-state index in [9.17, 15) is 0 Å². The zero-order chi connectivity index (χ0) is 11.5. The van der Waals surface area contributed by atoms with Crippen LogP contribution in [0, 0.1) is 13.8 Å². The summed E-state index contributed by atoms with van der Waals surface area (Å²) < 4.78 is 0.